The van der Waals surface area contributed by atoms with Gasteiger partial charge in [-0.3, -0.25) is 9.59 Å². The Hall–Kier alpha value is -4.39. The van der Waals surface area contributed by atoms with Gasteiger partial charge in [-0.25, -0.2) is 9.69 Å². The fraction of sp³-hybridized carbons (Fsp3) is 0.115. The van der Waals surface area contributed by atoms with Crippen LogP contribution >= 0.6 is 0 Å². The number of nitrogens with one attached hydrogen (secondary N) is 1. The first-order chi connectivity index (χ1) is 16.0. The molecule has 3 aromatic rings. The summed E-state index contributed by atoms with van der Waals surface area (Å²) in [5.41, 5.74) is 1.62. The molecular weight excluding hydrogens is 420 g/mol. The van der Waals surface area contributed by atoms with E-state index >= 15 is 0 Å². The minimum absolute atomic E-state index is 0.244. The number of ether oxygens (including phenoxy) is 2. The number of ketones is 1. The Labute approximate surface area is 192 Å². The highest BCUT2D eigenvalue weighted by Gasteiger charge is 2.22. The average Bonchev–Trinajstić information content (AvgIpc) is 2.87. The molecule has 0 spiro atoms. The van der Waals surface area contributed by atoms with Crippen LogP contribution in [0.4, 0.5) is 10.5 Å². The molecule has 0 unspecified atom stereocenters. The van der Waals surface area contributed by atoms with Crippen molar-refractivity contribution in [3.8, 4) is 11.5 Å². The zero-order chi connectivity index (χ0) is 23.6. The Morgan fingerprint density at radius 3 is 1.94 bits per heavy atom. The van der Waals surface area contributed by atoms with Gasteiger partial charge in [0.15, 0.2) is 5.78 Å². The molecule has 0 saturated carbocycles. The molecule has 0 heterocycles. The topological polar surface area (TPSA) is 84.9 Å². The summed E-state index contributed by atoms with van der Waals surface area (Å²) in [6.45, 7) is 0.244. The summed E-state index contributed by atoms with van der Waals surface area (Å²) in [5.74, 6) is 0.173. The summed E-state index contributed by atoms with van der Waals surface area (Å²) in [6, 6.07) is 21.7. The largest absolute Gasteiger partial charge is 0.497 e. The van der Waals surface area contributed by atoms with E-state index < -0.39 is 11.9 Å². The molecule has 0 saturated heterocycles. The predicted molar refractivity (Wildman–Crippen MR) is 126 cm³/mol. The maximum absolute atomic E-state index is 13.0. The molecule has 3 rings (SSSR count). The van der Waals surface area contributed by atoms with E-state index in [0.717, 1.165) is 22.6 Å². The summed E-state index contributed by atoms with van der Waals surface area (Å²) in [4.78, 5) is 39.3. The number of anilines is 1. The van der Waals surface area contributed by atoms with Gasteiger partial charge < -0.3 is 14.8 Å². The van der Waals surface area contributed by atoms with Gasteiger partial charge in [0.2, 0.25) is 0 Å². The van der Waals surface area contributed by atoms with Gasteiger partial charge in [-0.2, -0.15) is 0 Å². The zero-order valence-electron chi connectivity index (χ0n) is 18.4. The number of benzene rings is 3. The molecule has 1 N–H and O–H groups in total. The van der Waals surface area contributed by atoms with Gasteiger partial charge in [0, 0.05) is 18.2 Å². The molecule has 7 nitrogen and oxygen atoms in total. The van der Waals surface area contributed by atoms with Crippen molar-refractivity contribution in [3.05, 3.63) is 102 Å². The van der Waals surface area contributed by atoms with Gasteiger partial charge in [-0.15, -0.1) is 0 Å². The van der Waals surface area contributed by atoms with Crippen LogP contribution in [0.25, 0.3) is 0 Å². The number of allylic oxidation sites excluding steroid dienone is 1. The molecule has 3 amide bonds. The number of amides is 3. The highest BCUT2D eigenvalue weighted by molar-refractivity contribution is 6.20. The fourth-order valence-corrected chi connectivity index (χ4v) is 3.00. The van der Waals surface area contributed by atoms with Crippen LogP contribution in [0.2, 0.25) is 0 Å². The van der Waals surface area contributed by atoms with Gasteiger partial charge >= 0.3 is 6.03 Å². The van der Waals surface area contributed by atoms with Crippen LogP contribution < -0.4 is 19.7 Å². The van der Waals surface area contributed by atoms with Gasteiger partial charge in [0.1, 0.15) is 11.5 Å². The Morgan fingerprint density at radius 1 is 0.788 bits per heavy atom. The van der Waals surface area contributed by atoms with Crippen molar-refractivity contribution in [1.82, 2.24) is 5.32 Å². The number of methoxy groups -OCH3 is 2. The smallest absolute Gasteiger partial charge is 0.329 e. The molecule has 0 aromatic heterocycles. The Morgan fingerprint density at radius 2 is 1.36 bits per heavy atom. The van der Waals surface area contributed by atoms with E-state index in [9.17, 15) is 14.4 Å². The van der Waals surface area contributed by atoms with E-state index in [-0.39, 0.29) is 12.3 Å². The Bertz CT molecular complexity index is 1120. The van der Waals surface area contributed by atoms with Crippen LogP contribution in [0.1, 0.15) is 15.9 Å². The first-order valence-electron chi connectivity index (χ1n) is 10.2. The molecule has 168 valence electrons. The number of nitrogens with zero attached hydrogens (tertiary/aromatic N) is 1. The van der Waals surface area contributed by atoms with Gasteiger partial charge in [0.25, 0.3) is 5.91 Å². The summed E-state index contributed by atoms with van der Waals surface area (Å²) in [5, 5.41) is 2.74. The second-order valence-corrected chi connectivity index (χ2v) is 6.94. The Kier molecular flexibility index (Phi) is 7.96. The fourth-order valence-electron chi connectivity index (χ4n) is 3.00. The van der Waals surface area contributed by atoms with Crippen molar-refractivity contribution in [2.45, 2.75) is 6.54 Å². The lowest BCUT2D eigenvalue weighted by molar-refractivity contribution is -0.113. The van der Waals surface area contributed by atoms with Crippen molar-refractivity contribution < 1.29 is 23.9 Å². The quantitative estimate of drug-likeness (QED) is 0.412. The average molecular weight is 444 g/mol. The molecule has 3 aromatic carbocycles. The SMILES string of the molecule is COc1ccc(C(=O)/C=C/C(=O)N(C(=O)NCc2ccccc2)c2ccc(OC)cc2)cc1. The lowest BCUT2D eigenvalue weighted by atomic mass is 10.1. The van der Waals surface area contributed by atoms with E-state index in [0.29, 0.717) is 22.7 Å². The number of imide groups is 1. The van der Waals surface area contributed by atoms with Crippen molar-refractivity contribution in [2.24, 2.45) is 0 Å². The molecule has 0 atom stereocenters. The third-order valence-corrected chi connectivity index (χ3v) is 4.79. The molecular formula is C26H24N2O5. The second kappa shape index (κ2) is 11.3. The van der Waals surface area contributed by atoms with Crippen molar-refractivity contribution in [1.29, 1.82) is 0 Å². The molecule has 0 fully saturated rings. The number of carbonyl (C=O) groups excluding carboxylic acids is 3. The molecule has 0 aliphatic heterocycles. The number of urea groups is 1. The molecule has 0 aliphatic rings. The van der Waals surface area contributed by atoms with Crippen LogP contribution in [0, 0.1) is 0 Å². The summed E-state index contributed by atoms with van der Waals surface area (Å²) in [7, 11) is 3.06. The van der Waals surface area contributed by atoms with Crippen molar-refractivity contribution >= 4 is 23.4 Å². The maximum atomic E-state index is 13.0. The van der Waals surface area contributed by atoms with E-state index in [1.807, 2.05) is 30.3 Å². The summed E-state index contributed by atoms with van der Waals surface area (Å²) in [6.07, 6.45) is 2.23. The third-order valence-electron chi connectivity index (χ3n) is 4.79. The highest BCUT2D eigenvalue weighted by Crippen LogP contribution is 2.20. The monoisotopic (exact) mass is 444 g/mol. The lowest BCUT2D eigenvalue weighted by Crippen LogP contribution is -2.43. The minimum atomic E-state index is -0.660. The van der Waals surface area contributed by atoms with Crippen molar-refractivity contribution in [3.63, 3.8) is 0 Å². The van der Waals surface area contributed by atoms with E-state index in [1.54, 1.807) is 48.5 Å². The van der Waals surface area contributed by atoms with Crippen LogP contribution in [0.3, 0.4) is 0 Å². The molecule has 0 aliphatic carbocycles. The van der Waals surface area contributed by atoms with Crippen molar-refractivity contribution in [2.75, 3.05) is 19.1 Å². The summed E-state index contributed by atoms with van der Waals surface area (Å²) >= 11 is 0. The van der Waals surface area contributed by atoms with Gasteiger partial charge in [0.05, 0.1) is 19.9 Å². The van der Waals surface area contributed by atoms with E-state index in [4.69, 9.17) is 9.47 Å². The lowest BCUT2D eigenvalue weighted by Gasteiger charge is -2.20. The van der Waals surface area contributed by atoms with E-state index in [1.165, 1.54) is 14.2 Å². The van der Waals surface area contributed by atoms with Crippen LogP contribution in [-0.2, 0) is 11.3 Å². The normalized spacial score (nSPS) is 10.5. The second-order valence-electron chi connectivity index (χ2n) is 6.94. The minimum Gasteiger partial charge on any atom is -0.497 e. The molecule has 7 heteroatoms. The molecule has 0 radical (unpaired) electrons. The molecule has 0 bridgehead atoms. The Balaban J connectivity index is 1.78. The predicted octanol–water partition coefficient (Wildman–Crippen LogP) is 4.39. The number of hydrogen-bond donors (Lipinski definition) is 1. The first kappa shape index (κ1) is 23.3. The zero-order valence-corrected chi connectivity index (χ0v) is 18.4. The maximum Gasteiger partial charge on any atom is 0.329 e. The van der Waals surface area contributed by atoms with Crippen LogP contribution in [0.15, 0.2) is 91.0 Å². The summed E-state index contributed by atoms with van der Waals surface area (Å²) < 4.78 is 10.2. The van der Waals surface area contributed by atoms with E-state index in [2.05, 4.69) is 5.32 Å². The number of rotatable bonds is 8. The number of hydrogen-bond acceptors (Lipinski definition) is 5. The van der Waals surface area contributed by atoms with Crippen LogP contribution in [-0.4, -0.2) is 31.9 Å². The number of carbonyl (C=O) groups is 3. The van der Waals surface area contributed by atoms with Crippen LogP contribution in [0.5, 0.6) is 11.5 Å². The van der Waals surface area contributed by atoms with Gasteiger partial charge in [-0.05, 0) is 60.2 Å². The highest BCUT2D eigenvalue weighted by atomic mass is 16.5. The molecule has 33 heavy (non-hydrogen) atoms. The third kappa shape index (κ3) is 6.30. The van der Waals surface area contributed by atoms with Gasteiger partial charge in [-0.1, -0.05) is 30.3 Å². The first-order valence-corrected chi connectivity index (χ1v) is 10.2. The standard InChI is InChI=1S/C26H24N2O5/c1-32-22-12-8-20(9-13-22)24(29)16-17-25(30)28(21-10-14-23(33-2)15-11-21)26(31)27-18-19-6-4-3-5-7-19/h3-17H,18H2,1-2H3,(H,27,31)/b17-16+.